The van der Waals surface area contributed by atoms with Crippen molar-refractivity contribution in [3.8, 4) is 0 Å². The molecular weight excluding hydrogens is 270 g/mol. The molecule has 0 bridgehead atoms. The first-order valence-corrected chi connectivity index (χ1v) is 6.78. The number of hydrogen-bond donors (Lipinski definition) is 2. The van der Waals surface area contributed by atoms with Crippen molar-refractivity contribution < 1.29 is 19.4 Å². The van der Waals surface area contributed by atoms with Gasteiger partial charge in [0.15, 0.2) is 0 Å². The summed E-state index contributed by atoms with van der Waals surface area (Å²) in [7, 11) is 0. The van der Waals surface area contributed by atoms with Crippen LogP contribution in [0.1, 0.15) is 32.8 Å². The van der Waals surface area contributed by atoms with Gasteiger partial charge in [-0.25, -0.2) is 9.59 Å². The van der Waals surface area contributed by atoms with Crippen molar-refractivity contribution in [2.45, 2.75) is 33.8 Å². The fourth-order valence-electron chi connectivity index (χ4n) is 1.51. The number of aliphatic carboxylic acids is 1. The summed E-state index contributed by atoms with van der Waals surface area (Å²) in [6.45, 7) is 5.83. The van der Waals surface area contributed by atoms with Crippen LogP contribution < -0.4 is 5.32 Å². The highest BCUT2D eigenvalue weighted by Gasteiger charge is 2.19. The Morgan fingerprint density at radius 2 is 1.90 bits per heavy atom. The zero-order valence-electron chi connectivity index (χ0n) is 12.6. The Morgan fingerprint density at radius 1 is 1.29 bits per heavy atom. The molecule has 114 valence electrons. The average Bonchev–Trinajstić information content (AvgIpc) is 2.45. The normalized spacial score (nSPS) is 11.9. The summed E-state index contributed by atoms with van der Waals surface area (Å²) >= 11 is 0. The van der Waals surface area contributed by atoms with E-state index < -0.39 is 12.1 Å². The molecule has 0 unspecified atom stereocenters. The van der Waals surface area contributed by atoms with E-state index >= 15 is 0 Å². The van der Waals surface area contributed by atoms with E-state index in [-0.39, 0.29) is 17.7 Å². The van der Waals surface area contributed by atoms with Gasteiger partial charge in [0.25, 0.3) is 0 Å². The number of carbonyl (C=O) groups is 2. The number of alkyl carbamates (subject to hydrolysis) is 1. The molecule has 0 saturated carbocycles. The average molecular weight is 291 g/mol. The Kier molecular flexibility index (Phi) is 5.96. The van der Waals surface area contributed by atoms with E-state index in [4.69, 9.17) is 9.84 Å². The molecule has 0 aliphatic rings. The van der Waals surface area contributed by atoms with Crippen LogP contribution in [0.2, 0.25) is 0 Å². The summed E-state index contributed by atoms with van der Waals surface area (Å²) < 4.78 is 5.00. The molecule has 5 heteroatoms. The minimum Gasteiger partial charge on any atom is -0.477 e. The lowest BCUT2D eigenvalue weighted by Crippen LogP contribution is -2.29. The second-order valence-corrected chi connectivity index (χ2v) is 5.39. The van der Waals surface area contributed by atoms with Crippen molar-refractivity contribution in [2.75, 3.05) is 0 Å². The molecule has 0 aliphatic carbocycles. The number of carboxylic acid groups (broad SMARTS) is 1. The van der Waals surface area contributed by atoms with Gasteiger partial charge in [0.1, 0.15) is 12.3 Å². The van der Waals surface area contributed by atoms with E-state index in [1.807, 2.05) is 51.1 Å². The SMILES string of the molecule is CCC(C)(C)/C=C(\NC(=O)OCc1ccccc1)C(=O)O. The van der Waals surface area contributed by atoms with Gasteiger partial charge < -0.3 is 9.84 Å². The largest absolute Gasteiger partial charge is 0.477 e. The zero-order valence-corrected chi connectivity index (χ0v) is 12.6. The van der Waals surface area contributed by atoms with Crippen LogP contribution >= 0.6 is 0 Å². The van der Waals surface area contributed by atoms with Crippen LogP contribution in [0.25, 0.3) is 0 Å². The highest BCUT2D eigenvalue weighted by atomic mass is 16.5. The van der Waals surface area contributed by atoms with Crippen molar-refractivity contribution in [1.29, 1.82) is 0 Å². The smallest absolute Gasteiger partial charge is 0.412 e. The lowest BCUT2D eigenvalue weighted by atomic mass is 9.89. The molecule has 0 aromatic heterocycles. The molecular formula is C16H21NO4. The highest BCUT2D eigenvalue weighted by Crippen LogP contribution is 2.22. The lowest BCUT2D eigenvalue weighted by molar-refractivity contribution is -0.133. The first-order valence-electron chi connectivity index (χ1n) is 6.78. The number of nitrogens with one attached hydrogen (secondary N) is 1. The minimum atomic E-state index is -1.19. The second-order valence-electron chi connectivity index (χ2n) is 5.39. The summed E-state index contributed by atoms with van der Waals surface area (Å²) in [5.41, 5.74) is 0.350. The monoisotopic (exact) mass is 291 g/mol. The van der Waals surface area contributed by atoms with Gasteiger partial charge in [0.2, 0.25) is 0 Å². The zero-order chi connectivity index (χ0) is 15.9. The van der Waals surface area contributed by atoms with Gasteiger partial charge >= 0.3 is 12.1 Å². The third-order valence-corrected chi connectivity index (χ3v) is 3.13. The predicted molar refractivity (Wildman–Crippen MR) is 79.6 cm³/mol. The van der Waals surface area contributed by atoms with Gasteiger partial charge in [0.05, 0.1) is 0 Å². The Balaban J connectivity index is 2.64. The number of ether oxygens (including phenoxy) is 1. The van der Waals surface area contributed by atoms with Gasteiger partial charge in [-0.2, -0.15) is 0 Å². The van der Waals surface area contributed by atoms with E-state index in [0.717, 1.165) is 12.0 Å². The molecule has 0 fully saturated rings. The van der Waals surface area contributed by atoms with Gasteiger partial charge in [-0.3, -0.25) is 5.32 Å². The van der Waals surface area contributed by atoms with Crippen LogP contribution in [0.15, 0.2) is 42.1 Å². The second kappa shape index (κ2) is 7.47. The molecule has 0 spiro atoms. The molecule has 21 heavy (non-hydrogen) atoms. The molecule has 2 N–H and O–H groups in total. The topological polar surface area (TPSA) is 75.6 Å². The molecule has 5 nitrogen and oxygen atoms in total. The molecule has 1 aromatic carbocycles. The Labute approximate surface area is 124 Å². The van der Waals surface area contributed by atoms with Crippen LogP contribution in [-0.2, 0) is 16.1 Å². The third kappa shape index (κ3) is 6.12. The number of hydrogen-bond acceptors (Lipinski definition) is 3. The van der Waals surface area contributed by atoms with E-state index in [9.17, 15) is 9.59 Å². The van der Waals surface area contributed by atoms with Crippen LogP contribution in [0.4, 0.5) is 4.79 Å². The Morgan fingerprint density at radius 3 is 2.43 bits per heavy atom. The lowest BCUT2D eigenvalue weighted by Gasteiger charge is -2.19. The Hall–Kier alpha value is -2.30. The first kappa shape index (κ1) is 16.8. The van der Waals surface area contributed by atoms with Crippen LogP contribution in [0, 0.1) is 5.41 Å². The van der Waals surface area contributed by atoms with Crippen molar-refractivity contribution in [3.63, 3.8) is 0 Å². The molecule has 1 rings (SSSR count). The molecule has 0 radical (unpaired) electrons. The summed E-state index contributed by atoms with van der Waals surface area (Å²) in [5.74, 6) is -1.19. The van der Waals surface area contributed by atoms with Crippen molar-refractivity contribution in [2.24, 2.45) is 5.41 Å². The van der Waals surface area contributed by atoms with Crippen molar-refractivity contribution >= 4 is 12.1 Å². The fourth-order valence-corrected chi connectivity index (χ4v) is 1.51. The number of benzene rings is 1. The first-order chi connectivity index (χ1) is 9.84. The number of allylic oxidation sites excluding steroid dienone is 1. The molecule has 0 atom stereocenters. The van der Waals surface area contributed by atoms with Gasteiger partial charge in [-0.1, -0.05) is 51.1 Å². The number of carbonyl (C=O) groups excluding carboxylic acids is 1. The van der Waals surface area contributed by atoms with E-state index in [1.165, 1.54) is 6.08 Å². The summed E-state index contributed by atoms with van der Waals surface area (Å²) in [5, 5.41) is 11.4. The molecule has 1 aromatic rings. The maximum absolute atomic E-state index is 11.7. The maximum atomic E-state index is 11.7. The summed E-state index contributed by atoms with van der Waals surface area (Å²) in [6.07, 6.45) is 1.50. The number of rotatable bonds is 6. The van der Waals surface area contributed by atoms with Gasteiger partial charge in [-0.15, -0.1) is 0 Å². The van der Waals surface area contributed by atoms with Crippen molar-refractivity contribution in [1.82, 2.24) is 5.32 Å². The third-order valence-electron chi connectivity index (χ3n) is 3.13. The van der Waals surface area contributed by atoms with Gasteiger partial charge in [0, 0.05) is 0 Å². The van der Waals surface area contributed by atoms with Crippen molar-refractivity contribution in [3.05, 3.63) is 47.7 Å². The molecule has 0 heterocycles. The number of amides is 1. The molecule has 1 amide bonds. The Bertz CT molecular complexity index is 520. The molecule has 0 saturated heterocycles. The standard InChI is InChI=1S/C16H21NO4/c1-4-16(2,3)10-13(14(18)19)17-15(20)21-11-12-8-6-5-7-9-12/h5-10H,4,11H2,1-3H3,(H,17,20)(H,18,19)/b13-10-. The highest BCUT2D eigenvalue weighted by molar-refractivity contribution is 5.90. The van der Waals surface area contributed by atoms with Crippen LogP contribution in [-0.4, -0.2) is 17.2 Å². The molecule has 0 aliphatic heterocycles. The quantitative estimate of drug-likeness (QED) is 0.788. The van der Waals surface area contributed by atoms with E-state index in [2.05, 4.69) is 5.32 Å². The number of carboxylic acids is 1. The maximum Gasteiger partial charge on any atom is 0.412 e. The fraction of sp³-hybridized carbons (Fsp3) is 0.375. The summed E-state index contributed by atoms with van der Waals surface area (Å²) in [4.78, 5) is 22.8. The predicted octanol–water partition coefficient (Wildman–Crippen LogP) is 3.32. The van der Waals surface area contributed by atoms with Gasteiger partial charge in [-0.05, 0) is 23.5 Å². The van der Waals surface area contributed by atoms with Crippen LogP contribution in [0.3, 0.4) is 0 Å². The van der Waals surface area contributed by atoms with Crippen LogP contribution in [0.5, 0.6) is 0 Å². The van der Waals surface area contributed by atoms with E-state index in [1.54, 1.807) is 0 Å². The van der Waals surface area contributed by atoms with E-state index in [0.29, 0.717) is 0 Å². The summed E-state index contributed by atoms with van der Waals surface area (Å²) in [6, 6.07) is 9.18. The minimum absolute atomic E-state index is 0.0940.